The molecule has 36 heavy (non-hydrogen) atoms. The van der Waals surface area contributed by atoms with Crippen molar-refractivity contribution in [3.63, 3.8) is 0 Å². The van der Waals surface area contributed by atoms with E-state index in [0.29, 0.717) is 13.0 Å². The second kappa shape index (κ2) is 12.1. The van der Waals surface area contributed by atoms with Crippen molar-refractivity contribution in [1.29, 1.82) is 0 Å². The van der Waals surface area contributed by atoms with Gasteiger partial charge in [-0.1, -0.05) is 61.5 Å². The zero-order valence-corrected chi connectivity index (χ0v) is 22.8. The molecule has 3 amide bonds. The highest BCUT2D eigenvalue weighted by molar-refractivity contribution is 5.92. The third-order valence-electron chi connectivity index (χ3n) is 6.16. The SMILES string of the molecule is CCC(C)(C)N(C(=O)C(C)NC(=O)OC(C)(C)C)C(C(=O)NCc1ccccc1)c1ccccc1C. The number of carbonyl (C=O) groups is 3. The molecular weight excluding hydrogens is 454 g/mol. The lowest BCUT2D eigenvalue weighted by Crippen LogP contribution is -2.58. The van der Waals surface area contributed by atoms with E-state index in [4.69, 9.17) is 4.74 Å². The predicted octanol–water partition coefficient (Wildman–Crippen LogP) is 5.28. The maximum Gasteiger partial charge on any atom is 0.408 e. The van der Waals surface area contributed by atoms with Gasteiger partial charge in [0.2, 0.25) is 11.8 Å². The van der Waals surface area contributed by atoms with Crippen molar-refractivity contribution in [2.24, 2.45) is 0 Å². The molecule has 2 N–H and O–H groups in total. The van der Waals surface area contributed by atoms with E-state index < -0.39 is 29.3 Å². The van der Waals surface area contributed by atoms with E-state index in [9.17, 15) is 14.4 Å². The summed E-state index contributed by atoms with van der Waals surface area (Å²) < 4.78 is 5.35. The zero-order valence-electron chi connectivity index (χ0n) is 22.8. The van der Waals surface area contributed by atoms with Gasteiger partial charge in [-0.25, -0.2) is 4.79 Å². The summed E-state index contributed by atoms with van der Waals surface area (Å²) in [5.74, 6) is -0.650. The summed E-state index contributed by atoms with van der Waals surface area (Å²) in [7, 11) is 0. The lowest BCUT2D eigenvalue weighted by atomic mass is 9.90. The molecule has 0 radical (unpaired) electrons. The van der Waals surface area contributed by atoms with Crippen LogP contribution in [0.4, 0.5) is 4.79 Å². The summed E-state index contributed by atoms with van der Waals surface area (Å²) >= 11 is 0. The summed E-state index contributed by atoms with van der Waals surface area (Å²) in [5.41, 5.74) is 1.22. The van der Waals surface area contributed by atoms with Crippen molar-refractivity contribution in [3.8, 4) is 0 Å². The number of nitrogens with one attached hydrogen (secondary N) is 2. The molecule has 0 saturated carbocycles. The maximum absolute atomic E-state index is 13.9. The summed E-state index contributed by atoms with van der Waals surface area (Å²) in [5, 5.41) is 5.67. The van der Waals surface area contributed by atoms with Crippen LogP contribution in [-0.2, 0) is 20.9 Å². The van der Waals surface area contributed by atoms with Crippen LogP contribution in [-0.4, -0.2) is 40.0 Å². The van der Waals surface area contributed by atoms with Gasteiger partial charge in [0.1, 0.15) is 17.7 Å². The fourth-order valence-corrected chi connectivity index (χ4v) is 3.87. The fraction of sp³-hybridized carbons (Fsp3) is 0.483. The van der Waals surface area contributed by atoms with E-state index in [1.807, 2.05) is 82.3 Å². The molecule has 7 nitrogen and oxygen atoms in total. The van der Waals surface area contributed by atoms with Crippen LogP contribution in [0.1, 0.15) is 77.6 Å². The summed E-state index contributed by atoms with van der Waals surface area (Å²) in [4.78, 5) is 41.8. The van der Waals surface area contributed by atoms with Gasteiger partial charge in [0, 0.05) is 12.1 Å². The summed E-state index contributed by atoms with van der Waals surface area (Å²) in [6.07, 6.45) is -0.0785. The van der Waals surface area contributed by atoms with Gasteiger partial charge in [-0.05, 0) is 71.6 Å². The van der Waals surface area contributed by atoms with Crippen molar-refractivity contribution in [2.75, 3.05) is 0 Å². The van der Waals surface area contributed by atoms with Gasteiger partial charge in [-0.3, -0.25) is 9.59 Å². The molecule has 0 aliphatic heterocycles. The molecule has 2 aromatic carbocycles. The van der Waals surface area contributed by atoms with Gasteiger partial charge in [-0.2, -0.15) is 0 Å². The topological polar surface area (TPSA) is 87.7 Å². The first-order chi connectivity index (χ1) is 16.8. The van der Waals surface area contributed by atoms with Gasteiger partial charge >= 0.3 is 6.09 Å². The van der Waals surface area contributed by atoms with Crippen LogP contribution < -0.4 is 10.6 Å². The Hall–Kier alpha value is -3.35. The predicted molar refractivity (Wildman–Crippen MR) is 142 cm³/mol. The normalized spacial score (nSPS) is 13.3. The molecule has 0 aliphatic rings. The molecule has 0 bridgehead atoms. The van der Waals surface area contributed by atoms with Crippen molar-refractivity contribution >= 4 is 17.9 Å². The summed E-state index contributed by atoms with van der Waals surface area (Å²) in [6, 6.07) is 15.4. The minimum Gasteiger partial charge on any atom is -0.444 e. The lowest BCUT2D eigenvalue weighted by Gasteiger charge is -2.44. The minimum absolute atomic E-state index is 0.285. The first-order valence-electron chi connectivity index (χ1n) is 12.5. The van der Waals surface area contributed by atoms with E-state index in [0.717, 1.165) is 16.7 Å². The zero-order chi connectivity index (χ0) is 27.1. The number of ether oxygens (including phenoxy) is 1. The van der Waals surface area contributed by atoms with Crippen molar-refractivity contribution in [1.82, 2.24) is 15.5 Å². The van der Waals surface area contributed by atoms with Crippen LogP contribution in [0.3, 0.4) is 0 Å². The Labute approximate surface area is 215 Å². The second-order valence-corrected chi connectivity index (χ2v) is 10.7. The molecule has 196 valence electrons. The fourth-order valence-electron chi connectivity index (χ4n) is 3.87. The van der Waals surface area contributed by atoms with E-state index in [-0.39, 0.29) is 11.8 Å². The van der Waals surface area contributed by atoms with Crippen LogP contribution >= 0.6 is 0 Å². The first kappa shape index (κ1) is 28.9. The first-order valence-corrected chi connectivity index (χ1v) is 12.5. The molecule has 0 aromatic heterocycles. The highest BCUT2D eigenvalue weighted by atomic mass is 16.6. The number of aryl methyl sites for hydroxylation is 1. The molecule has 0 saturated heterocycles. The number of alkyl carbamates (subject to hydrolysis) is 1. The Morgan fingerprint density at radius 3 is 2.08 bits per heavy atom. The van der Waals surface area contributed by atoms with E-state index in [2.05, 4.69) is 10.6 Å². The highest BCUT2D eigenvalue weighted by Crippen LogP contribution is 2.33. The average Bonchev–Trinajstić information content (AvgIpc) is 2.80. The monoisotopic (exact) mass is 495 g/mol. The molecule has 7 heteroatoms. The second-order valence-electron chi connectivity index (χ2n) is 10.7. The quantitative estimate of drug-likeness (QED) is 0.495. The lowest BCUT2D eigenvalue weighted by molar-refractivity contribution is -0.149. The third-order valence-corrected chi connectivity index (χ3v) is 6.16. The Kier molecular flexibility index (Phi) is 9.68. The average molecular weight is 496 g/mol. The van der Waals surface area contributed by atoms with Crippen LogP contribution in [0.5, 0.6) is 0 Å². The molecular formula is C29H41N3O4. The van der Waals surface area contributed by atoms with Crippen LogP contribution in [0.25, 0.3) is 0 Å². The van der Waals surface area contributed by atoms with Gasteiger partial charge in [0.15, 0.2) is 0 Å². The highest BCUT2D eigenvalue weighted by Gasteiger charge is 2.42. The van der Waals surface area contributed by atoms with E-state index in [1.54, 1.807) is 32.6 Å². The molecule has 2 unspecified atom stereocenters. The maximum atomic E-state index is 13.9. The van der Waals surface area contributed by atoms with Gasteiger partial charge < -0.3 is 20.3 Å². The molecule has 0 aliphatic carbocycles. The number of carbonyl (C=O) groups excluding carboxylic acids is 3. The molecule has 0 heterocycles. The van der Waals surface area contributed by atoms with Crippen molar-refractivity contribution in [2.45, 2.75) is 91.6 Å². The number of hydrogen-bond donors (Lipinski definition) is 2. The molecule has 2 rings (SSSR count). The molecule has 2 aromatic rings. The van der Waals surface area contributed by atoms with Crippen LogP contribution in [0, 0.1) is 6.92 Å². The standard InChI is InChI=1S/C29H41N3O4/c1-9-29(7,8)32(26(34)21(3)31-27(35)36-28(4,5)6)24(23-18-14-13-15-20(23)2)25(33)30-19-22-16-11-10-12-17-22/h10-18,21,24H,9,19H2,1-8H3,(H,30,33)(H,31,35). The Balaban J connectivity index is 2.46. The number of amides is 3. The van der Waals surface area contributed by atoms with Crippen molar-refractivity contribution in [3.05, 3.63) is 71.3 Å². The number of rotatable bonds is 9. The largest absolute Gasteiger partial charge is 0.444 e. The van der Waals surface area contributed by atoms with Gasteiger partial charge in [-0.15, -0.1) is 0 Å². The number of nitrogens with zero attached hydrogens (tertiary/aromatic N) is 1. The molecule has 0 spiro atoms. The Morgan fingerprint density at radius 2 is 1.53 bits per heavy atom. The Morgan fingerprint density at radius 1 is 0.944 bits per heavy atom. The number of benzene rings is 2. The van der Waals surface area contributed by atoms with Crippen LogP contribution in [0.2, 0.25) is 0 Å². The molecule has 2 atom stereocenters. The van der Waals surface area contributed by atoms with Crippen LogP contribution in [0.15, 0.2) is 54.6 Å². The molecule has 0 fully saturated rings. The minimum atomic E-state index is -0.904. The smallest absolute Gasteiger partial charge is 0.408 e. The van der Waals surface area contributed by atoms with Crippen molar-refractivity contribution < 1.29 is 19.1 Å². The third kappa shape index (κ3) is 7.83. The number of hydrogen-bond acceptors (Lipinski definition) is 4. The van der Waals surface area contributed by atoms with E-state index >= 15 is 0 Å². The van der Waals surface area contributed by atoms with E-state index in [1.165, 1.54) is 0 Å². The summed E-state index contributed by atoms with van der Waals surface area (Å²) in [6.45, 7) is 15.0. The van der Waals surface area contributed by atoms with Gasteiger partial charge in [0.05, 0.1) is 0 Å². The Bertz CT molecular complexity index is 1040. The van der Waals surface area contributed by atoms with Gasteiger partial charge in [0.25, 0.3) is 0 Å².